The van der Waals surface area contributed by atoms with E-state index >= 15 is 0 Å². The Morgan fingerprint density at radius 3 is 2.87 bits per heavy atom. The van der Waals surface area contributed by atoms with E-state index in [1.165, 1.54) is 15.7 Å². The van der Waals surface area contributed by atoms with Gasteiger partial charge in [0.1, 0.15) is 0 Å². The number of halogens is 2. The maximum Gasteiger partial charge on any atom is 0.0494 e. The molecular weight excluding hydrogens is 273 g/mol. The monoisotopic (exact) mass is 285 g/mol. The molecule has 0 saturated heterocycles. The molecule has 0 saturated carbocycles. The summed E-state index contributed by atoms with van der Waals surface area (Å²) < 4.78 is 1.26. The highest BCUT2D eigenvalue weighted by molar-refractivity contribution is 9.11. The third-order valence-corrected chi connectivity index (χ3v) is 3.45. The van der Waals surface area contributed by atoms with Crippen LogP contribution in [0.25, 0.3) is 0 Å². The molecule has 15 heavy (non-hydrogen) atoms. The molecule has 1 aliphatic rings. The van der Waals surface area contributed by atoms with Gasteiger partial charge in [-0.1, -0.05) is 40.2 Å². The van der Waals surface area contributed by atoms with Gasteiger partial charge in [-0.2, -0.15) is 0 Å². The van der Waals surface area contributed by atoms with Crippen molar-refractivity contribution in [3.8, 4) is 0 Å². The lowest BCUT2D eigenvalue weighted by molar-refractivity contribution is 0.812. The number of para-hydroxylation sites is 1. The van der Waals surface area contributed by atoms with Gasteiger partial charge < -0.3 is 4.90 Å². The average molecular weight is 287 g/mol. The molecule has 1 aromatic rings. The molecule has 0 unspecified atom stereocenters. The van der Waals surface area contributed by atoms with E-state index in [0.29, 0.717) is 5.88 Å². The zero-order chi connectivity index (χ0) is 10.7. The van der Waals surface area contributed by atoms with E-state index in [-0.39, 0.29) is 0 Å². The van der Waals surface area contributed by atoms with Gasteiger partial charge in [0.05, 0.1) is 0 Å². The van der Waals surface area contributed by atoms with Crippen molar-refractivity contribution in [2.24, 2.45) is 0 Å². The van der Waals surface area contributed by atoms with Gasteiger partial charge in [0.2, 0.25) is 0 Å². The summed E-state index contributed by atoms with van der Waals surface area (Å²) >= 11 is 9.49. The van der Waals surface area contributed by atoms with Crippen LogP contribution in [0.4, 0.5) is 5.69 Å². The third-order valence-electron chi connectivity index (χ3n) is 2.58. The maximum atomic E-state index is 5.93. The largest absolute Gasteiger partial charge is 0.366 e. The minimum atomic E-state index is 0.577. The molecule has 0 N–H and O–H groups in total. The summed E-state index contributed by atoms with van der Waals surface area (Å²) in [5.74, 6) is 0.577. The number of rotatable bonds is 2. The van der Waals surface area contributed by atoms with Crippen molar-refractivity contribution < 1.29 is 0 Å². The average Bonchev–Trinajstić information content (AvgIpc) is 2.29. The van der Waals surface area contributed by atoms with Crippen LogP contribution >= 0.6 is 27.5 Å². The Bertz CT molecular complexity index is 376. The standard InChI is InChI=1S/C12H13BrClN/c13-11-5-3-7-15(9-11)12-6-2-1-4-10(12)8-14/h1-2,4-6H,3,7-9H2. The summed E-state index contributed by atoms with van der Waals surface area (Å²) in [7, 11) is 0. The molecule has 80 valence electrons. The zero-order valence-electron chi connectivity index (χ0n) is 8.42. The Kier molecular flexibility index (Phi) is 3.71. The van der Waals surface area contributed by atoms with E-state index in [0.717, 1.165) is 19.5 Å². The van der Waals surface area contributed by atoms with Crippen LogP contribution in [0.3, 0.4) is 0 Å². The molecule has 1 aromatic carbocycles. The van der Waals surface area contributed by atoms with Crippen molar-refractivity contribution in [2.75, 3.05) is 18.0 Å². The Morgan fingerprint density at radius 1 is 1.33 bits per heavy atom. The van der Waals surface area contributed by atoms with Gasteiger partial charge in [0.25, 0.3) is 0 Å². The molecule has 3 heteroatoms. The van der Waals surface area contributed by atoms with Gasteiger partial charge >= 0.3 is 0 Å². The highest BCUT2D eigenvalue weighted by atomic mass is 79.9. The number of benzene rings is 1. The van der Waals surface area contributed by atoms with Crippen molar-refractivity contribution in [1.82, 2.24) is 0 Å². The normalized spacial score (nSPS) is 16.4. The predicted octanol–water partition coefficient (Wildman–Crippen LogP) is 3.91. The van der Waals surface area contributed by atoms with Crippen LogP contribution in [-0.2, 0) is 5.88 Å². The molecule has 0 atom stereocenters. The van der Waals surface area contributed by atoms with Crippen molar-refractivity contribution >= 4 is 33.2 Å². The van der Waals surface area contributed by atoms with Crippen molar-refractivity contribution in [3.63, 3.8) is 0 Å². The molecular formula is C12H13BrClN. The van der Waals surface area contributed by atoms with Crippen LogP contribution in [0, 0.1) is 0 Å². The van der Waals surface area contributed by atoms with Crippen LogP contribution in [0.2, 0.25) is 0 Å². The minimum absolute atomic E-state index is 0.577. The number of hydrogen-bond acceptors (Lipinski definition) is 1. The smallest absolute Gasteiger partial charge is 0.0494 e. The van der Waals surface area contributed by atoms with Crippen molar-refractivity contribution in [3.05, 3.63) is 40.4 Å². The van der Waals surface area contributed by atoms with Gasteiger partial charge in [0, 0.05) is 29.1 Å². The molecule has 0 radical (unpaired) electrons. The quantitative estimate of drug-likeness (QED) is 0.745. The fraction of sp³-hybridized carbons (Fsp3) is 0.333. The fourth-order valence-electron chi connectivity index (χ4n) is 1.84. The van der Waals surface area contributed by atoms with Crippen LogP contribution in [0.15, 0.2) is 34.8 Å². The maximum absolute atomic E-state index is 5.93. The van der Waals surface area contributed by atoms with Crippen LogP contribution in [-0.4, -0.2) is 13.1 Å². The Balaban J connectivity index is 2.25. The molecule has 1 nitrogen and oxygen atoms in total. The topological polar surface area (TPSA) is 3.24 Å². The molecule has 2 rings (SSSR count). The second kappa shape index (κ2) is 5.04. The fourth-order valence-corrected chi connectivity index (χ4v) is 2.60. The molecule has 0 spiro atoms. The van der Waals surface area contributed by atoms with Crippen LogP contribution in [0.1, 0.15) is 12.0 Å². The summed E-state index contributed by atoms with van der Waals surface area (Å²) in [5, 5.41) is 0. The lowest BCUT2D eigenvalue weighted by Gasteiger charge is -2.29. The molecule has 0 bridgehead atoms. The molecule has 1 heterocycles. The SMILES string of the molecule is ClCc1ccccc1N1CCC=C(Br)C1. The zero-order valence-corrected chi connectivity index (χ0v) is 10.8. The highest BCUT2D eigenvalue weighted by Crippen LogP contribution is 2.26. The second-order valence-electron chi connectivity index (χ2n) is 3.62. The first-order chi connectivity index (χ1) is 7.31. The van der Waals surface area contributed by atoms with E-state index in [2.05, 4.69) is 45.1 Å². The Morgan fingerprint density at radius 2 is 2.13 bits per heavy atom. The predicted molar refractivity (Wildman–Crippen MR) is 69.8 cm³/mol. The summed E-state index contributed by atoms with van der Waals surface area (Å²) in [6, 6.07) is 8.34. The molecule has 1 aliphatic heterocycles. The summed E-state index contributed by atoms with van der Waals surface area (Å²) in [5.41, 5.74) is 2.47. The second-order valence-corrected chi connectivity index (χ2v) is 4.91. The highest BCUT2D eigenvalue weighted by Gasteiger charge is 2.13. The van der Waals surface area contributed by atoms with Gasteiger partial charge in [-0.15, -0.1) is 11.6 Å². The summed E-state index contributed by atoms with van der Waals surface area (Å²) in [6.45, 7) is 2.02. The van der Waals surface area contributed by atoms with Crippen molar-refractivity contribution in [2.45, 2.75) is 12.3 Å². The van der Waals surface area contributed by atoms with Crippen LogP contribution in [0.5, 0.6) is 0 Å². The minimum Gasteiger partial charge on any atom is -0.366 e. The van der Waals surface area contributed by atoms with E-state index in [1.54, 1.807) is 0 Å². The van der Waals surface area contributed by atoms with Gasteiger partial charge in [0.15, 0.2) is 0 Å². The lowest BCUT2D eigenvalue weighted by Crippen LogP contribution is -2.29. The number of alkyl halides is 1. The molecule has 0 aliphatic carbocycles. The summed E-state index contributed by atoms with van der Waals surface area (Å²) in [6.07, 6.45) is 3.33. The molecule has 0 aromatic heterocycles. The number of nitrogens with zero attached hydrogens (tertiary/aromatic N) is 1. The first-order valence-corrected chi connectivity index (χ1v) is 6.37. The van der Waals surface area contributed by atoms with Gasteiger partial charge in [-0.3, -0.25) is 0 Å². The first-order valence-electron chi connectivity index (χ1n) is 5.04. The van der Waals surface area contributed by atoms with E-state index in [1.807, 2.05) is 6.07 Å². The van der Waals surface area contributed by atoms with Gasteiger partial charge in [-0.05, 0) is 18.1 Å². The number of hydrogen-bond donors (Lipinski definition) is 0. The number of anilines is 1. The third kappa shape index (κ3) is 2.56. The van der Waals surface area contributed by atoms with Gasteiger partial charge in [-0.25, -0.2) is 0 Å². The summed E-state index contributed by atoms with van der Waals surface area (Å²) in [4.78, 5) is 2.36. The van der Waals surface area contributed by atoms with E-state index in [4.69, 9.17) is 11.6 Å². The molecule has 0 amide bonds. The van der Waals surface area contributed by atoms with Crippen molar-refractivity contribution in [1.29, 1.82) is 0 Å². The van der Waals surface area contributed by atoms with E-state index < -0.39 is 0 Å². The van der Waals surface area contributed by atoms with E-state index in [9.17, 15) is 0 Å². The lowest BCUT2D eigenvalue weighted by atomic mass is 10.1. The Hall–Kier alpha value is -0.470. The molecule has 0 fully saturated rings. The Labute approximate surface area is 104 Å². The van der Waals surface area contributed by atoms with Crippen LogP contribution < -0.4 is 4.90 Å². The first kappa shape index (κ1) is 11.0.